The van der Waals surface area contributed by atoms with Crippen LogP contribution >= 0.6 is 15.9 Å². The van der Waals surface area contributed by atoms with Gasteiger partial charge in [0, 0.05) is 4.47 Å². The van der Waals surface area contributed by atoms with Crippen molar-refractivity contribution in [3.8, 4) is 0 Å². The standard InChI is InChI=1S/C14H18BrNO2/c1-14(13(17)18,11-5-6-16-9-11)8-10-3-2-4-12(15)7-10/h2-4,7,11,16H,5-6,8-9H2,1H3,(H,17,18)/t11-,14?/m0/s1. The molecule has 1 aromatic carbocycles. The Morgan fingerprint density at radius 1 is 1.61 bits per heavy atom. The number of carboxylic acids is 1. The SMILES string of the molecule is CC(Cc1cccc(Br)c1)(C(=O)O)[C@H]1CCNC1. The van der Waals surface area contributed by atoms with E-state index in [0.717, 1.165) is 29.5 Å². The van der Waals surface area contributed by atoms with Crippen LogP contribution < -0.4 is 5.32 Å². The van der Waals surface area contributed by atoms with E-state index in [2.05, 4.69) is 21.2 Å². The van der Waals surface area contributed by atoms with Gasteiger partial charge in [-0.05, 0) is 56.5 Å². The van der Waals surface area contributed by atoms with E-state index in [4.69, 9.17) is 0 Å². The topological polar surface area (TPSA) is 49.3 Å². The van der Waals surface area contributed by atoms with E-state index in [1.807, 2.05) is 31.2 Å². The minimum Gasteiger partial charge on any atom is -0.481 e. The Balaban J connectivity index is 2.22. The van der Waals surface area contributed by atoms with Crippen molar-refractivity contribution in [2.24, 2.45) is 11.3 Å². The highest BCUT2D eigenvalue weighted by Gasteiger charge is 2.42. The average Bonchev–Trinajstić information content (AvgIpc) is 2.82. The summed E-state index contributed by atoms with van der Waals surface area (Å²) in [6, 6.07) is 7.91. The lowest BCUT2D eigenvalue weighted by Crippen LogP contribution is -2.39. The maximum atomic E-state index is 11.7. The molecule has 1 fully saturated rings. The molecule has 0 amide bonds. The molecule has 1 aromatic rings. The zero-order valence-electron chi connectivity index (χ0n) is 10.4. The van der Waals surface area contributed by atoms with E-state index >= 15 is 0 Å². The first kappa shape index (κ1) is 13.6. The molecule has 0 saturated carbocycles. The minimum atomic E-state index is -0.698. The maximum absolute atomic E-state index is 11.7. The van der Waals surface area contributed by atoms with Crippen LogP contribution in [0.25, 0.3) is 0 Å². The number of carbonyl (C=O) groups is 1. The smallest absolute Gasteiger partial charge is 0.310 e. The molecule has 18 heavy (non-hydrogen) atoms. The van der Waals surface area contributed by atoms with Crippen molar-refractivity contribution in [2.45, 2.75) is 19.8 Å². The molecular weight excluding hydrogens is 294 g/mol. The number of rotatable bonds is 4. The van der Waals surface area contributed by atoms with Crippen molar-refractivity contribution in [3.05, 3.63) is 34.3 Å². The molecule has 4 heteroatoms. The fraction of sp³-hybridized carbons (Fsp3) is 0.500. The highest BCUT2D eigenvalue weighted by Crippen LogP contribution is 2.36. The first-order valence-corrected chi connectivity index (χ1v) is 7.00. The largest absolute Gasteiger partial charge is 0.481 e. The Hall–Kier alpha value is -0.870. The molecule has 3 nitrogen and oxygen atoms in total. The summed E-state index contributed by atoms with van der Waals surface area (Å²) in [6.07, 6.45) is 1.52. The van der Waals surface area contributed by atoms with Crippen LogP contribution in [0.2, 0.25) is 0 Å². The van der Waals surface area contributed by atoms with E-state index in [1.165, 1.54) is 0 Å². The summed E-state index contributed by atoms with van der Waals surface area (Å²) in [6.45, 7) is 3.59. The fourth-order valence-electron chi connectivity index (χ4n) is 2.66. The second-order valence-electron chi connectivity index (χ2n) is 5.22. The summed E-state index contributed by atoms with van der Waals surface area (Å²) in [7, 11) is 0. The molecule has 0 aliphatic carbocycles. The van der Waals surface area contributed by atoms with Crippen molar-refractivity contribution in [2.75, 3.05) is 13.1 Å². The Labute approximate surface area is 116 Å². The van der Waals surface area contributed by atoms with Crippen LogP contribution in [-0.4, -0.2) is 24.2 Å². The van der Waals surface area contributed by atoms with Gasteiger partial charge < -0.3 is 10.4 Å². The fourth-order valence-corrected chi connectivity index (χ4v) is 3.11. The average molecular weight is 312 g/mol. The summed E-state index contributed by atoms with van der Waals surface area (Å²) in [5.74, 6) is -0.495. The van der Waals surface area contributed by atoms with Gasteiger partial charge in [0.05, 0.1) is 5.41 Å². The van der Waals surface area contributed by atoms with Gasteiger partial charge in [-0.1, -0.05) is 28.1 Å². The van der Waals surface area contributed by atoms with Gasteiger partial charge in [-0.25, -0.2) is 0 Å². The molecule has 1 heterocycles. The number of hydrogen-bond donors (Lipinski definition) is 2. The van der Waals surface area contributed by atoms with Gasteiger partial charge in [-0.3, -0.25) is 4.79 Å². The van der Waals surface area contributed by atoms with E-state index in [9.17, 15) is 9.90 Å². The van der Waals surface area contributed by atoms with Crippen LogP contribution in [-0.2, 0) is 11.2 Å². The van der Waals surface area contributed by atoms with Gasteiger partial charge in [0.1, 0.15) is 0 Å². The number of halogens is 1. The number of hydrogen-bond acceptors (Lipinski definition) is 2. The Kier molecular flexibility index (Phi) is 4.07. The van der Waals surface area contributed by atoms with Crippen LogP contribution in [0, 0.1) is 11.3 Å². The van der Waals surface area contributed by atoms with Gasteiger partial charge in [0.25, 0.3) is 0 Å². The van der Waals surface area contributed by atoms with E-state index < -0.39 is 11.4 Å². The van der Waals surface area contributed by atoms with E-state index in [1.54, 1.807) is 0 Å². The van der Waals surface area contributed by atoms with E-state index in [0.29, 0.717) is 6.42 Å². The lowest BCUT2D eigenvalue weighted by atomic mass is 9.72. The molecule has 98 valence electrons. The highest BCUT2D eigenvalue weighted by molar-refractivity contribution is 9.10. The predicted molar refractivity (Wildman–Crippen MR) is 74.6 cm³/mol. The number of nitrogens with one attached hydrogen (secondary N) is 1. The third-order valence-corrected chi connectivity index (χ3v) is 4.40. The Morgan fingerprint density at radius 3 is 2.94 bits per heavy atom. The van der Waals surface area contributed by atoms with Crippen molar-refractivity contribution >= 4 is 21.9 Å². The second kappa shape index (κ2) is 5.41. The van der Waals surface area contributed by atoms with Gasteiger partial charge in [0.15, 0.2) is 0 Å². The molecule has 2 rings (SSSR count). The summed E-state index contributed by atoms with van der Waals surface area (Å²) < 4.78 is 0.997. The molecule has 0 aromatic heterocycles. The van der Waals surface area contributed by atoms with E-state index in [-0.39, 0.29) is 5.92 Å². The Morgan fingerprint density at radius 2 is 2.39 bits per heavy atom. The summed E-state index contributed by atoms with van der Waals surface area (Å²) in [5.41, 5.74) is 0.380. The van der Waals surface area contributed by atoms with Gasteiger partial charge in [-0.15, -0.1) is 0 Å². The third kappa shape index (κ3) is 2.75. The molecule has 0 radical (unpaired) electrons. The molecule has 1 unspecified atom stereocenters. The van der Waals surface area contributed by atoms with Gasteiger partial charge in [0.2, 0.25) is 0 Å². The summed E-state index contributed by atoms with van der Waals surface area (Å²) in [4.78, 5) is 11.7. The number of benzene rings is 1. The first-order valence-electron chi connectivity index (χ1n) is 6.21. The van der Waals surface area contributed by atoms with Crippen molar-refractivity contribution in [1.29, 1.82) is 0 Å². The first-order chi connectivity index (χ1) is 8.52. The molecule has 2 atom stereocenters. The third-order valence-electron chi connectivity index (χ3n) is 3.91. The number of aliphatic carboxylic acids is 1. The zero-order valence-corrected chi connectivity index (χ0v) is 12.0. The predicted octanol–water partition coefficient (Wildman–Crippen LogP) is 2.69. The molecule has 1 aliphatic rings. The van der Waals surface area contributed by atoms with Gasteiger partial charge >= 0.3 is 5.97 Å². The van der Waals surface area contributed by atoms with Crippen molar-refractivity contribution in [3.63, 3.8) is 0 Å². The molecular formula is C14H18BrNO2. The zero-order chi connectivity index (χ0) is 13.2. The van der Waals surface area contributed by atoms with Crippen LogP contribution in [0.4, 0.5) is 0 Å². The lowest BCUT2D eigenvalue weighted by molar-refractivity contribution is -0.151. The van der Waals surface area contributed by atoms with Crippen LogP contribution in [0.1, 0.15) is 18.9 Å². The lowest BCUT2D eigenvalue weighted by Gasteiger charge is -2.31. The summed E-state index contributed by atoms with van der Waals surface area (Å²) in [5, 5.41) is 12.8. The summed E-state index contributed by atoms with van der Waals surface area (Å²) >= 11 is 3.43. The monoisotopic (exact) mass is 311 g/mol. The normalized spacial score (nSPS) is 22.7. The number of carboxylic acid groups (broad SMARTS) is 1. The molecule has 2 N–H and O–H groups in total. The van der Waals surface area contributed by atoms with Crippen LogP contribution in [0.3, 0.4) is 0 Å². The molecule has 0 spiro atoms. The molecule has 1 saturated heterocycles. The maximum Gasteiger partial charge on any atom is 0.310 e. The highest BCUT2D eigenvalue weighted by atomic mass is 79.9. The molecule has 1 aliphatic heterocycles. The van der Waals surface area contributed by atoms with Crippen molar-refractivity contribution < 1.29 is 9.90 Å². The van der Waals surface area contributed by atoms with Crippen LogP contribution in [0.5, 0.6) is 0 Å². The quantitative estimate of drug-likeness (QED) is 0.899. The minimum absolute atomic E-state index is 0.203. The second-order valence-corrected chi connectivity index (χ2v) is 6.13. The van der Waals surface area contributed by atoms with Crippen molar-refractivity contribution in [1.82, 2.24) is 5.32 Å². The van der Waals surface area contributed by atoms with Gasteiger partial charge in [-0.2, -0.15) is 0 Å². The Bertz CT molecular complexity index is 443. The van der Waals surface area contributed by atoms with Crippen LogP contribution in [0.15, 0.2) is 28.7 Å². The molecule has 0 bridgehead atoms.